The molecule has 0 atom stereocenters. The molecule has 0 aliphatic carbocycles. The summed E-state index contributed by atoms with van der Waals surface area (Å²) in [6.07, 6.45) is -1.86. The average molecular weight is 569 g/mol. The van der Waals surface area contributed by atoms with Crippen LogP contribution >= 0.6 is 23.2 Å². The van der Waals surface area contributed by atoms with Crippen LogP contribution in [0.25, 0.3) is 0 Å². The predicted molar refractivity (Wildman–Crippen MR) is 123 cm³/mol. The first-order valence-corrected chi connectivity index (χ1v) is 13.2. The Morgan fingerprint density at radius 1 is 0.971 bits per heavy atom. The van der Waals surface area contributed by atoms with Crippen molar-refractivity contribution < 1.29 is 34.8 Å². The number of nitrogens with one attached hydrogen (secondary N) is 2. The summed E-state index contributed by atoms with van der Waals surface area (Å²) in [7, 11) is -8.37. The number of alkyl halides is 3. The molecule has 2 heterocycles. The van der Waals surface area contributed by atoms with Gasteiger partial charge in [0.1, 0.15) is 11.5 Å². The lowest BCUT2D eigenvalue weighted by Gasteiger charge is -2.14. The Hall–Kier alpha value is -2.94. The van der Waals surface area contributed by atoms with Crippen LogP contribution in [-0.2, 0) is 26.2 Å². The fourth-order valence-corrected chi connectivity index (χ4v) is 4.70. The molecule has 0 aliphatic rings. The SMILES string of the molecule is CS(=O)(=O)Nc1cc(C(=O)c2ncc(Cl)cc2NS(=O)(=O)c2ccc(Cl)c(C(F)(F)F)c2)ccn1. The molecule has 0 spiro atoms. The van der Waals surface area contributed by atoms with E-state index in [2.05, 4.69) is 14.7 Å². The standard InChI is InChI=1S/C19H13Cl2F3N4O5S2/c1-34(30,31)28-16-6-10(4-5-25-16)18(29)17-15(7-11(20)9-26-17)27-35(32,33)12-2-3-14(21)13(8-12)19(22,23)24/h2-9,27H,1H3,(H,25,28). The second kappa shape index (κ2) is 9.60. The lowest BCUT2D eigenvalue weighted by molar-refractivity contribution is -0.137. The molecule has 0 amide bonds. The monoisotopic (exact) mass is 568 g/mol. The van der Waals surface area contributed by atoms with E-state index in [0.29, 0.717) is 6.07 Å². The smallest absolute Gasteiger partial charge is 0.287 e. The highest BCUT2D eigenvalue weighted by Gasteiger charge is 2.34. The van der Waals surface area contributed by atoms with E-state index in [9.17, 15) is 34.8 Å². The maximum absolute atomic E-state index is 13.2. The van der Waals surface area contributed by atoms with Gasteiger partial charge in [-0.2, -0.15) is 13.2 Å². The number of carbonyl (C=O) groups excluding carboxylic acids is 1. The molecule has 0 unspecified atom stereocenters. The van der Waals surface area contributed by atoms with Crippen molar-refractivity contribution in [2.24, 2.45) is 0 Å². The number of hydrogen-bond donors (Lipinski definition) is 2. The van der Waals surface area contributed by atoms with Crippen LogP contribution in [0.4, 0.5) is 24.7 Å². The van der Waals surface area contributed by atoms with Gasteiger partial charge < -0.3 is 0 Å². The van der Waals surface area contributed by atoms with Gasteiger partial charge in [-0.05, 0) is 36.4 Å². The minimum atomic E-state index is -4.92. The largest absolute Gasteiger partial charge is 0.417 e. The molecule has 0 bridgehead atoms. The quantitative estimate of drug-likeness (QED) is 0.407. The Bertz CT molecular complexity index is 1530. The van der Waals surface area contributed by atoms with Crippen molar-refractivity contribution in [1.82, 2.24) is 9.97 Å². The summed E-state index contributed by atoms with van der Waals surface area (Å²) in [5, 5.41) is -0.784. The molecule has 3 aromatic rings. The summed E-state index contributed by atoms with van der Waals surface area (Å²) in [4.78, 5) is 19.9. The predicted octanol–water partition coefficient (Wildman–Crippen LogP) is 4.21. The van der Waals surface area contributed by atoms with E-state index in [1.807, 2.05) is 4.72 Å². The first kappa shape index (κ1) is 26.7. The first-order chi connectivity index (χ1) is 16.1. The third kappa shape index (κ3) is 6.60. The number of sulfonamides is 2. The van der Waals surface area contributed by atoms with Gasteiger partial charge in [0.05, 0.1) is 32.4 Å². The van der Waals surface area contributed by atoms with Gasteiger partial charge in [-0.25, -0.2) is 26.8 Å². The van der Waals surface area contributed by atoms with Crippen molar-refractivity contribution in [2.45, 2.75) is 11.1 Å². The van der Waals surface area contributed by atoms with Crippen LogP contribution in [-0.4, -0.2) is 38.8 Å². The van der Waals surface area contributed by atoms with Gasteiger partial charge in [-0.3, -0.25) is 14.2 Å². The zero-order valence-corrected chi connectivity index (χ0v) is 20.4. The van der Waals surface area contributed by atoms with Crippen molar-refractivity contribution in [2.75, 3.05) is 15.7 Å². The number of carbonyl (C=O) groups is 1. The van der Waals surface area contributed by atoms with Crippen LogP contribution in [0.3, 0.4) is 0 Å². The summed E-state index contributed by atoms with van der Waals surface area (Å²) >= 11 is 11.4. The highest BCUT2D eigenvalue weighted by atomic mass is 35.5. The normalized spacial score (nSPS) is 12.3. The fourth-order valence-electron chi connectivity index (χ4n) is 2.74. The van der Waals surface area contributed by atoms with Gasteiger partial charge in [0.2, 0.25) is 15.8 Å². The van der Waals surface area contributed by atoms with Crippen molar-refractivity contribution >= 4 is 60.5 Å². The van der Waals surface area contributed by atoms with Gasteiger partial charge in [-0.15, -0.1) is 0 Å². The van der Waals surface area contributed by atoms with Crippen LogP contribution in [0.5, 0.6) is 0 Å². The number of ketones is 1. The molecule has 0 fully saturated rings. The summed E-state index contributed by atoms with van der Waals surface area (Å²) in [6.45, 7) is 0. The third-order valence-electron chi connectivity index (χ3n) is 4.18. The minimum absolute atomic E-state index is 0.0829. The number of hydrogen-bond acceptors (Lipinski definition) is 7. The topological polar surface area (TPSA) is 135 Å². The highest BCUT2D eigenvalue weighted by molar-refractivity contribution is 7.92. The summed E-state index contributed by atoms with van der Waals surface area (Å²) < 4.78 is 92.1. The second-order valence-corrected chi connectivity index (χ2v) is 11.2. The molecule has 16 heteroatoms. The van der Waals surface area contributed by atoms with Gasteiger partial charge in [0.25, 0.3) is 10.0 Å². The lowest BCUT2D eigenvalue weighted by Crippen LogP contribution is -2.18. The third-order valence-corrected chi connectivity index (χ3v) is 6.66. The van der Waals surface area contributed by atoms with E-state index in [4.69, 9.17) is 23.2 Å². The van der Waals surface area contributed by atoms with E-state index in [1.54, 1.807) is 0 Å². The Morgan fingerprint density at radius 3 is 2.29 bits per heavy atom. The van der Waals surface area contributed by atoms with Crippen molar-refractivity contribution in [3.05, 3.63) is 75.7 Å². The lowest BCUT2D eigenvalue weighted by atomic mass is 10.1. The second-order valence-electron chi connectivity index (χ2n) is 6.93. The van der Waals surface area contributed by atoms with Crippen molar-refractivity contribution in [1.29, 1.82) is 0 Å². The maximum atomic E-state index is 13.2. The molecular formula is C19H13Cl2F3N4O5S2. The molecule has 9 nitrogen and oxygen atoms in total. The fraction of sp³-hybridized carbons (Fsp3) is 0.105. The zero-order chi connectivity index (χ0) is 26.2. The number of aromatic nitrogens is 2. The Labute approximate surface area is 207 Å². The number of benzene rings is 1. The molecular weight excluding hydrogens is 556 g/mol. The molecule has 35 heavy (non-hydrogen) atoms. The van der Waals surface area contributed by atoms with E-state index >= 15 is 0 Å². The summed E-state index contributed by atoms with van der Waals surface area (Å²) in [6, 6.07) is 5.32. The number of rotatable bonds is 7. The average Bonchev–Trinajstić information content (AvgIpc) is 2.71. The summed E-state index contributed by atoms with van der Waals surface area (Å²) in [5.74, 6) is -1.04. The van der Waals surface area contributed by atoms with Gasteiger partial charge in [0.15, 0.2) is 0 Å². The van der Waals surface area contributed by atoms with E-state index in [-0.39, 0.29) is 16.4 Å². The van der Waals surface area contributed by atoms with Gasteiger partial charge >= 0.3 is 6.18 Å². The van der Waals surface area contributed by atoms with Crippen molar-refractivity contribution in [3.8, 4) is 0 Å². The Balaban J connectivity index is 2.03. The maximum Gasteiger partial charge on any atom is 0.417 e. The van der Waals surface area contributed by atoms with Crippen LogP contribution in [0.1, 0.15) is 21.6 Å². The summed E-state index contributed by atoms with van der Waals surface area (Å²) in [5.41, 5.74) is -2.38. The molecule has 0 aliphatic heterocycles. The van der Waals surface area contributed by atoms with Crippen molar-refractivity contribution in [3.63, 3.8) is 0 Å². The van der Waals surface area contributed by atoms with Crippen LogP contribution in [0, 0.1) is 0 Å². The van der Waals surface area contributed by atoms with Gasteiger partial charge in [0, 0.05) is 18.0 Å². The molecule has 0 saturated heterocycles. The van der Waals surface area contributed by atoms with E-state index < -0.39 is 58.9 Å². The molecule has 3 rings (SSSR count). The highest BCUT2D eigenvalue weighted by Crippen LogP contribution is 2.36. The number of nitrogens with zero attached hydrogens (tertiary/aromatic N) is 2. The Morgan fingerprint density at radius 2 is 1.66 bits per heavy atom. The molecule has 0 radical (unpaired) electrons. The molecule has 2 N–H and O–H groups in total. The molecule has 1 aromatic carbocycles. The zero-order valence-electron chi connectivity index (χ0n) is 17.3. The van der Waals surface area contributed by atoms with E-state index in [0.717, 1.165) is 42.9 Å². The number of halogens is 5. The number of anilines is 2. The van der Waals surface area contributed by atoms with Crippen LogP contribution < -0.4 is 9.44 Å². The molecule has 186 valence electrons. The first-order valence-electron chi connectivity index (χ1n) is 9.10. The van der Waals surface area contributed by atoms with Crippen LogP contribution in [0.15, 0.2) is 53.7 Å². The molecule has 2 aromatic heterocycles. The van der Waals surface area contributed by atoms with E-state index in [1.165, 1.54) is 6.07 Å². The number of pyridine rings is 2. The van der Waals surface area contributed by atoms with Crippen LogP contribution in [0.2, 0.25) is 10.0 Å². The molecule has 0 saturated carbocycles. The minimum Gasteiger partial charge on any atom is -0.287 e. The van der Waals surface area contributed by atoms with Gasteiger partial charge in [-0.1, -0.05) is 23.2 Å². The Kier molecular flexibility index (Phi) is 7.32.